The van der Waals surface area contributed by atoms with E-state index >= 15 is 0 Å². The average Bonchev–Trinajstić information content (AvgIpc) is 3.12. The van der Waals surface area contributed by atoms with Crippen LogP contribution in [0.5, 0.6) is 11.5 Å². The molecule has 0 aliphatic carbocycles. The van der Waals surface area contributed by atoms with Crippen LogP contribution in [0.15, 0.2) is 36.7 Å². The van der Waals surface area contributed by atoms with Crippen molar-refractivity contribution in [2.45, 2.75) is 20.3 Å². The van der Waals surface area contributed by atoms with Crippen molar-refractivity contribution in [2.24, 2.45) is 5.92 Å². The van der Waals surface area contributed by atoms with Crippen LogP contribution in [0.2, 0.25) is 5.02 Å². The molecule has 0 fully saturated rings. The molecule has 2 heterocycles. The van der Waals surface area contributed by atoms with Crippen LogP contribution in [0.3, 0.4) is 0 Å². The average molecular weight is 389 g/mol. The number of aromatic nitrogens is 3. The normalized spacial score (nSPS) is 11.0. The number of anilines is 1. The minimum Gasteiger partial charge on any atom is -0.493 e. The van der Waals surface area contributed by atoms with Crippen LogP contribution in [0, 0.1) is 5.92 Å². The fourth-order valence-corrected chi connectivity index (χ4v) is 2.77. The van der Waals surface area contributed by atoms with Gasteiger partial charge in [-0.05, 0) is 30.5 Å². The number of nitrogens with zero attached hydrogens (tertiary/aromatic N) is 3. The molecule has 0 unspecified atom stereocenters. The molecule has 7 nitrogen and oxygen atoms in total. The number of methoxy groups -OCH3 is 1. The van der Waals surface area contributed by atoms with E-state index in [0.717, 1.165) is 6.42 Å². The van der Waals surface area contributed by atoms with E-state index in [0.29, 0.717) is 46.1 Å². The molecule has 8 heteroatoms. The maximum Gasteiger partial charge on any atom is 0.257 e. The molecule has 0 spiro atoms. The molecule has 3 aromatic rings. The zero-order valence-corrected chi connectivity index (χ0v) is 16.2. The Labute approximate surface area is 162 Å². The van der Waals surface area contributed by atoms with Crippen LogP contribution in [-0.2, 0) is 0 Å². The number of nitrogens with one attached hydrogen (secondary N) is 1. The lowest BCUT2D eigenvalue weighted by Crippen LogP contribution is -2.15. The number of benzene rings is 1. The molecule has 3 rings (SSSR count). The molecular weight excluding hydrogens is 368 g/mol. The van der Waals surface area contributed by atoms with Crippen molar-refractivity contribution in [1.29, 1.82) is 0 Å². The summed E-state index contributed by atoms with van der Waals surface area (Å²) in [5, 5.41) is 7.28. The van der Waals surface area contributed by atoms with Gasteiger partial charge in [0, 0.05) is 17.8 Å². The Morgan fingerprint density at radius 2 is 2.11 bits per heavy atom. The third kappa shape index (κ3) is 4.31. The smallest absolute Gasteiger partial charge is 0.257 e. The maximum atomic E-state index is 12.7. The van der Waals surface area contributed by atoms with Crippen LogP contribution >= 0.6 is 11.6 Å². The van der Waals surface area contributed by atoms with Crippen molar-refractivity contribution in [3.63, 3.8) is 0 Å². The van der Waals surface area contributed by atoms with E-state index in [4.69, 9.17) is 21.1 Å². The van der Waals surface area contributed by atoms with Gasteiger partial charge < -0.3 is 14.8 Å². The highest BCUT2D eigenvalue weighted by Crippen LogP contribution is 2.36. The largest absolute Gasteiger partial charge is 0.493 e. The summed E-state index contributed by atoms with van der Waals surface area (Å²) in [4.78, 5) is 16.9. The lowest BCUT2D eigenvalue weighted by Gasteiger charge is -2.15. The van der Waals surface area contributed by atoms with E-state index in [1.165, 1.54) is 7.11 Å². The molecule has 0 saturated carbocycles. The van der Waals surface area contributed by atoms with E-state index in [1.54, 1.807) is 41.2 Å². The topological polar surface area (TPSA) is 77.8 Å². The second kappa shape index (κ2) is 8.26. The van der Waals surface area contributed by atoms with Crippen LogP contribution in [-0.4, -0.2) is 34.2 Å². The van der Waals surface area contributed by atoms with Crippen LogP contribution in [0.25, 0.3) is 5.65 Å². The van der Waals surface area contributed by atoms with Crippen LogP contribution in [0.4, 0.5) is 5.82 Å². The number of fused-ring (bicyclic) bond motifs is 1. The molecule has 27 heavy (non-hydrogen) atoms. The maximum absolute atomic E-state index is 12.7. The molecule has 1 aromatic carbocycles. The Kier molecular flexibility index (Phi) is 5.81. The van der Waals surface area contributed by atoms with E-state index in [2.05, 4.69) is 29.2 Å². The van der Waals surface area contributed by atoms with Crippen molar-refractivity contribution < 1.29 is 14.3 Å². The van der Waals surface area contributed by atoms with Crippen molar-refractivity contribution >= 4 is 29.0 Å². The molecular formula is C19H21ClN4O3. The number of hydrogen-bond acceptors (Lipinski definition) is 5. The lowest BCUT2D eigenvalue weighted by atomic mass is 10.1. The Bertz CT molecular complexity index is 955. The van der Waals surface area contributed by atoms with Gasteiger partial charge in [-0.1, -0.05) is 25.4 Å². The molecule has 0 radical (unpaired) electrons. The molecule has 0 saturated heterocycles. The third-order valence-corrected chi connectivity index (χ3v) is 4.25. The van der Waals surface area contributed by atoms with Gasteiger partial charge in [-0.2, -0.15) is 9.61 Å². The number of rotatable bonds is 7. The third-order valence-electron chi connectivity index (χ3n) is 3.96. The lowest BCUT2D eigenvalue weighted by molar-refractivity contribution is 0.102. The first kappa shape index (κ1) is 19.0. The summed E-state index contributed by atoms with van der Waals surface area (Å²) in [6.07, 6.45) is 4.11. The SMILES string of the molecule is COc1cc(C(=O)Nc2ccnc3ccnn23)cc(Cl)c1OCCC(C)C. The van der Waals surface area contributed by atoms with Crippen molar-refractivity contribution in [2.75, 3.05) is 19.0 Å². The predicted molar refractivity (Wildman–Crippen MR) is 104 cm³/mol. The van der Waals surface area contributed by atoms with Gasteiger partial charge in [-0.25, -0.2) is 4.98 Å². The molecule has 1 amide bonds. The summed E-state index contributed by atoms with van der Waals surface area (Å²) in [6, 6.07) is 6.58. The Morgan fingerprint density at radius 1 is 1.30 bits per heavy atom. The first-order valence-electron chi connectivity index (χ1n) is 8.60. The number of ether oxygens (including phenoxy) is 2. The minimum absolute atomic E-state index is 0.322. The van der Waals surface area contributed by atoms with E-state index in [1.807, 2.05) is 0 Å². The Balaban J connectivity index is 1.82. The van der Waals surface area contributed by atoms with Gasteiger partial charge in [-0.3, -0.25) is 4.79 Å². The van der Waals surface area contributed by atoms with E-state index in [-0.39, 0.29) is 5.91 Å². The molecule has 2 aromatic heterocycles. The van der Waals surface area contributed by atoms with Crippen molar-refractivity contribution in [3.8, 4) is 11.5 Å². The van der Waals surface area contributed by atoms with Crippen LogP contribution in [0.1, 0.15) is 30.6 Å². The zero-order chi connectivity index (χ0) is 19.4. The monoisotopic (exact) mass is 388 g/mol. The summed E-state index contributed by atoms with van der Waals surface area (Å²) >= 11 is 6.34. The number of amides is 1. The molecule has 0 aliphatic rings. The first-order chi connectivity index (χ1) is 13.0. The Hall–Kier alpha value is -2.80. The Morgan fingerprint density at radius 3 is 2.85 bits per heavy atom. The number of carbonyl (C=O) groups is 1. The number of carbonyl (C=O) groups excluding carboxylic acids is 1. The molecule has 142 valence electrons. The molecule has 0 atom stereocenters. The highest BCUT2D eigenvalue weighted by atomic mass is 35.5. The fourth-order valence-electron chi connectivity index (χ4n) is 2.51. The number of halogens is 1. The standard InChI is InChI=1S/C19H21ClN4O3/c1-12(2)6-9-27-18-14(20)10-13(11-15(18)26-3)19(25)23-17-4-7-21-16-5-8-22-24(16)17/h4-5,7-8,10-12H,6,9H2,1-3H3,(H,23,25). The highest BCUT2D eigenvalue weighted by Gasteiger charge is 2.17. The van der Waals surface area contributed by atoms with Gasteiger partial charge in [0.2, 0.25) is 0 Å². The molecule has 0 bridgehead atoms. The van der Waals surface area contributed by atoms with Crippen molar-refractivity contribution in [1.82, 2.24) is 14.6 Å². The predicted octanol–water partition coefficient (Wildman–Crippen LogP) is 4.07. The highest BCUT2D eigenvalue weighted by molar-refractivity contribution is 6.32. The van der Waals surface area contributed by atoms with Gasteiger partial charge in [0.15, 0.2) is 17.1 Å². The summed E-state index contributed by atoms with van der Waals surface area (Å²) in [5.41, 5.74) is 0.988. The summed E-state index contributed by atoms with van der Waals surface area (Å²) in [5.74, 6) is 1.53. The van der Waals surface area contributed by atoms with Crippen LogP contribution < -0.4 is 14.8 Å². The van der Waals surface area contributed by atoms with Crippen molar-refractivity contribution in [3.05, 3.63) is 47.2 Å². The van der Waals surface area contributed by atoms with Gasteiger partial charge in [-0.15, -0.1) is 0 Å². The molecule has 0 aliphatic heterocycles. The summed E-state index contributed by atoms with van der Waals surface area (Å²) in [7, 11) is 1.51. The first-order valence-corrected chi connectivity index (χ1v) is 8.98. The van der Waals surface area contributed by atoms with E-state index in [9.17, 15) is 4.79 Å². The minimum atomic E-state index is -0.341. The zero-order valence-electron chi connectivity index (χ0n) is 15.4. The second-order valence-electron chi connectivity index (χ2n) is 6.41. The number of hydrogen-bond donors (Lipinski definition) is 1. The quantitative estimate of drug-likeness (QED) is 0.660. The van der Waals surface area contributed by atoms with Gasteiger partial charge in [0.1, 0.15) is 5.82 Å². The molecule has 1 N–H and O–H groups in total. The van der Waals surface area contributed by atoms with Gasteiger partial charge in [0.25, 0.3) is 5.91 Å². The van der Waals surface area contributed by atoms with Gasteiger partial charge in [0.05, 0.1) is 24.9 Å². The summed E-state index contributed by atoms with van der Waals surface area (Å²) in [6.45, 7) is 4.75. The van der Waals surface area contributed by atoms with Gasteiger partial charge >= 0.3 is 0 Å². The van der Waals surface area contributed by atoms with E-state index < -0.39 is 0 Å². The fraction of sp³-hybridized carbons (Fsp3) is 0.316. The summed E-state index contributed by atoms with van der Waals surface area (Å²) < 4.78 is 12.7. The second-order valence-corrected chi connectivity index (χ2v) is 6.81.